The predicted octanol–water partition coefficient (Wildman–Crippen LogP) is 27.0. The number of hydrogen-bond acceptors (Lipinski definition) is 4. The van der Waals surface area contributed by atoms with Gasteiger partial charge in [0.25, 0.3) is 23.6 Å². The van der Waals surface area contributed by atoms with Crippen LogP contribution in [0.4, 0.5) is 5.69 Å². The Morgan fingerprint density at radius 2 is 0.570 bits per heavy atom. The second kappa shape index (κ2) is 40.2. The summed E-state index contributed by atoms with van der Waals surface area (Å²) < 4.78 is 0.900. The van der Waals surface area contributed by atoms with E-state index in [4.69, 9.17) is 0 Å². The van der Waals surface area contributed by atoms with Crippen LogP contribution in [0.2, 0.25) is 0 Å². The number of halogens is 1. The van der Waals surface area contributed by atoms with Crippen LogP contribution in [0, 0.1) is 5.92 Å². The highest BCUT2D eigenvalue weighted by Gasteiger charge is 2.42. The molecular formula is C86H125BrN2O4. The number of fused-ring (bicyclic) bond motifs is 2. The van der Waals surface area contributed by atoms with E-state index in [1.54, 1.807) is 4.90 Å². The molecule has 0 aromatic heterocycles. The quantitative estimate of drug-likeness (QED) is 0.0165. The molecule has 2 aliphatic rings. The van der Waals surface area contributed by atoms with E-state index in [-0.39, 0.29) is 29.5 Å². The van der Waals surface area contributed by atoms with E-state index in [0.717, 1.165) is 197 Å². The van der Waals surface area contributed by atoms with Gasteiger partial charge in [-0.1, -0.05) is 308 Å². The molecule has 0 bridgehead atoms. The van der Waals surface area contributed by atoms with E-state index in [2.05, 4.69) is 81.7 Å². The molecule has 0 fully saturated rings. The highest BCUT2D eigenvalue weighted by atomic mass is 79.9. The van der Waals surface area contributed by atoms with E-state index >= 15 is 19.2 Å². The van der Waals surface area contributed by atoms with Gasteiger partial charge < -0.3 is 0 Å². The van der Waals surface area contributed by atoms with Crippen molar-refractivity contribution in [2.75, 3.05) is 11.4 Å². The first kappa shape index (κ1) is 74.2. The topological polar surface area (TPSA) is 74.8 Å². The summed E-state index contributed by atoms with van der Waals surface area (Å²) in [5.41, 5.74) is 7.63. The Hall–Kier alpha value is -4.62. The molecule has 2 heterocycles. The maximum absolute atomic E-state index is 16.0. The van der Waals surface area contributed by atoms with Crippen LogP contribution in [-0.4, -0.2) is 35.1 Å². The number of carbonyl (C=O) groups excluding carboxylic acids is 4. The van der Waals surface area contributed by atoms with Crippen molar-refractivity contribution in [1.82, 2.24) is 4.90 Å². The Balaban J connectivity index is 1.32. The van der Waals surface area contributed by atoms with Crippen LogP contribution < -0.4 is 4.90 Å². The first-order valence-electron chi connectivity index (χ1n) is 39.5. The number of nitrogens with zero attached hydrogens (tertiary/aromatic N) is 2. The van der Waals surface area contributed by atoms with E-state index < -0.39 is 0 Å². The molecule has 1 unspecified atom stereocenters. The predicted molar refractivity (Wildman–Crippen MR) is 404 cm³/mol. The zero-order valence-corrected chi connectivity index (χ0v) is 61.3. The summed E-state index contributed by atoms with van der Waals surface area (Å²) in [6.07, 6.45) is 56.1. The van der Waals surface area contributed by atoms with Crippen molar-refractivity contribution in [2.24, 2.45) is 5.92 Å². The summed E-state index contributed by atoms with van der Waals surface area (Å²) in [7, 11) is 0. The number of rotatable bonds is 51. The van der Waals surface area contributed by atoms with Crippen LogP contribution >= 0.6 is 15.9 Å². The maximum Gasteiger partial charge on any atom is 0.266 e. The lowest BCUT2D eigenvalue weighted by Gasteiger charge is -2.34. The zero-order chi connectivity index (χ0) is 65.7. The van der Waals surface area contributed by atoms with Crippen LogP contribution in [0.25, 0.3) is 43.1 Å². The van der Waals surface area contributed by atoms with E-state index in [1.165, 1.54) is 198 Å². The Bertz CT molecular complexity index is 3110. The molecule has 6 aromatic rings. The van der Waals surface area contributed by atoms with Gasteiger partial charge in [-0.2, -0.15) is 0 Å². The fraction of sp³-hybridized carbons (Fsp3) is 0.651. The maximum atomic E-state index is 16.0. The first-order valence-corrected chi connectivity index (χ1v) is 40.2. The van der Waals surface area contributed by atoms with Crippen molar-refractivity contribution in [3.05, 3.63) is 97.5 Å². The molecule has 6 aromatic carbocycles. The minimum atomic E-state index is -0.231. The molecule has 1 atom stereocenters. The van der Waals surface area contributed by atoms with Crippen molar-refractivity contribution in [3.8, 4) is 0 Å². The summed E-state index contributed by atoms with van der Waals surface area (Å²) in [6.45, 7) is 14.1. The molecule has 0 saturated carbocycles. The lowest BCUT2D eigenvalue weighted by Crippen LogP contribution is -2.44. The minimum Gasteiger partial charge on any atom is -0.274 e. The first-order chi connectivity index (χ1) is 45.6. The Morgan fingerprint density at radius 1 is 0.312 bits per heavy atom. The molecule has 510 valence electrons. The average Bonchev–Trinajstić information content (AvgIpc) is 0.682. The van der Waals surface area contributed by atoms with Crippen molar-refractivity contribution < 1.29 is 19.2 Å². The van der Waals surface area contributed by atoms with Gasteiger partial charge in [-0.15, -0.1) is 0 Å². The summed E-state index contributed by atoms with van der Waals surface area (Å²) in [6, 6.07) is 17.2. The van der Waals surface area contributed by atoms with Gasteiger partial charge >= 0.3 is 0 Å². The molecule has 2 aliphatic heterocycles. The molecule has 0 radical (unpaired) electrons. The van der Waals surface area contributed by atoms with Crippen LogP contribution in [-0.2, 0) is 25.7 Å². The van der Waals surface area contributed by atoms with Crippen molar-refractivity contribution in [3.63, 3.8) is 0 Å². The van der Waals surface area contributed by atoms with Gasteiger partial charge in [0, 0.05) is 21.8 Å². The third kappa shape index (κ3) is 19.8. The summed E-state index contributed by atoms with van der Waals surface area (Å²) in [4.78, 5) is 67.2. The molecule has 0 aliphatic carbocycles. The smallest absolute Gasteiger partial charge is 0.266 e. The van der Waals surface area contributed by atoms with Gasteiger partial charge in [0.1, 0.15) is 0 Å². The fourth-order valence-corrected chi connectivity index (χ4v) is 16.4. The van der Waals surface area contributed by atoms with E-state index in [9.17, 15) is 0 Å². The third-order valence-corrected chi connectivity index (χ3v) is 22.3. The molecule has 6 nitrogen and oxygen atoms in total. The van der Waals surface area contributed by atoms with Gasteiger partial charge in [-0.3, -0.25) is 24.1 Å². The van der Waals surface area contributed by atoms with Crippen LogP contribution in [0.5, 0.6) is 0 Å². The number of unbranched alkanes of at least 4 members (excludes halogenated alkanes) is 37. The van der Waals surface area contributed by atoms with Gasteiger partial charge in [0.2, 0.25) is 0 Å². The third-order valence-electron chi connectivity index (χ3n) is 21.7. The summed E-state index contributed by atoms with van der Waals surface area (Å²) in [5, 5.41) is 7.97. The molecular weight excluding hydrogens is 1200 g/mol. The number of carbonyl (C=O) groups is 4. The van der Waals surface area contributed by atoms with Gasteiger partial charge in [0.15, 0.2) is 0 Å². The Kier molecular flexibility index (Phi) is 32.0. The minimum absolute atomic E-state index is 0.110. The second-order valence-electron chi connectivity index (χ2n) is 29.1. The summed E-state index contributed by atoms with van der Waals surface area (Å²) in [5.74, 6) is -0.443. The SMILES string of the molecule is CCCCCCCCCCCCc1cc2c3cc(CCCCCCCCCCCC)c4c5c(c(CCCCCCCCCCCC)cc(c6cc(CCCCCCCCCCCC)c7c(c1C(=O)N(CC(CC)CCCC)C7=O)c26)c53)C(=O)N(c1ccc(Br)cc1)C4=O. The normalized spacial score (nSPS) is 13.7. The van der Waals surface area contributed by atoms with Crippen LogP contribution in [0.15, 0.2) is 53.0 Å². The number of amides is 4. The monoisotopic (exact) mass is 1330 g/mol. The van der Waals surface area contributed by atoms with Crippen molar-refractivity contribution in [2.45, 2.75) is 350 Å². The average molecular weight is 1330 g/mol. The van der Waals surface area contributed by atoms with Crippen LogP contribution in [0.3, 0.4) is 0 Å². The number of aryl methyl sites for hydroxylation is 4. The highest BCUT2D eigenvalue weighted by Crippen LogP contribution is 2.51. The van der Waals surface area contributed by atoms with Crippen molar-refractivity contribution >= 4 is 88.3 Å². The van der Waals surface area contributed by atoms with E-state index in [1.807, 2.05) is 24.3 Å². The Morgan fingerprint density at radius 3 is 0.839 bits per heavy atom. The lowest BCUT2D eigenvalue weighted by molar-refractivity contribution is 0.0578. The standard InChI is InChI=1S/C86H125BrN2O4/c1-7-13-18-22-26-30-34-38-42-46-51-65-59-71-73-61-67(53-48-44-40-36-32-28-24-20-15-9-3)77-82-78(86(93)89(85(77)92)70-57-55-69(87)56-58-70)68(54-49-45-41-37-33-29-25-21-16-10-4)62-74(80(73)82)72-60-66(52-47-43-39-35-31-27-23-19-14-8-2)76-81(79(71)72)75(65)83(90)88(84(76)91)63-64(12-6)50-17-11-5/h55-62,64H,7-54,63H2,1-6H3. The number of anilines is 1. The largest absolute Gasteiger partial charge is 0.274 e. The highest BCUT2D eigenvalue weighted by molar-refractivity contribution is 9.10. The van der Waals surface area contributed by atoms with Gasteiger partial charge in [-0.25, -0.2) is 4.90 Å². The number of imide groups is 2. The van der Waals surface area contributed by atoms with Gasteiger partial charge in [0.05, 0.1) is 27.9 Å². The molecule has 7 heteroatoms. The number of benzene rings is 6. The molecule has 8 rings (SSSR count). The van der Waals surface area contributed by atoms with Gasteiger partial charge in [-0.05, 0) is 167 Å². The fourth-order valence-electron chi connectivity index (χ4n) is 16.2. The molecule has 4 amide bonds. The second-order valence-corrected chi connectivity index (χ2v) is 30.0. The molecule has 0 spiro atoms. The molecule has 93 heavy (non-hydrogen) atoms. The number of hydrogen-bond donors (Lipinski definition) is 0. The van der Waals surface area contributed by atoms with Crippen molar-refractivity contribution in [1.29, 1.82) is 0 Å². The van der Waals surface area contributed by atoms with E-state index in [0.29, 0.717) is 23.4 Å². The zero-order valence-electron chi connectivity index (χ0n) is 59.7. The Labute approximate surface area is 573 Å². The molecule has 0 saturated heterocycles. The lowest BCUT2D eigenvalue weighted by atomic mass is 9.76. The van der Waals surface area contributed by atoms with Crippen LogP contribution in [0.1, 0.15) is 388 Å². The molecule has 0 N–H and O–H groups in total. The summed E-state index contributed by atoms with van der Waals surface area (Å²) >= 11 is 3.66.